The van der Waals surface area contributed by atoms with Crippen molar-refractivity contribution in [3.8, 4) is 0 Å². The summed E-state index contributed by atoms with van der Waals surface area (Å²) < 4.78 is 0. The number of carbonyl (C=O) groups excluding carboxylic acids is 1. The fraction of sp³-hybridized carbons (Fsp3) is 0.533. The molecule has 1 unspecified atom stereocenters. The van der Waals surface area contributed by atoms with Crippen LogP contribution in [0.3, 0.4) is 0 Å². The van der Waals surface area contributed by atoms with Gasteiger partial charge in [-0.1, -0.05) is 37.3 Å². The third kappa shape index (κ3) is 3.77. The van der Waals surface area contributed by atoms with E-state index in [2.05, 4.69) is 33.4 Å². The summed E-state index contributed by atoms with van der Waals surface area (Å²) in [5.41, 5.74) is 1.03. The molecule has 0 heterocycles. The van der Waals surface area contributed by atoms with Crippen molar-refractivity contribution in [1.29, 1.82) is 0 Å². The van der Waals surface area contributed by atoms with Crippen LogP contribution in [0.5, 0.6) is 0 Å². The minimum atomic E-state index is -0.275. The molecule has 0 N–H and O–H groups in total. The summed E-state index contributed by atoms with van der Waals surface area (Å²) in [5, 5.41) is -0.275. The van der Waals surface area contributed by atoms with Gasteiger partial charge in [0, 0.05) is 12.6 Å². The van der Waals surface area contributed by atoms with Crippen molar-refractivity contribution >= 4 is 18.5 Å². The highest BCUT2D eigenvalue weighted by Gasteiger charge is 2.29. The van der Waals surface area contributed by atoms with Crippen molar-refractivity contribution in [3.63, 3.8) is 0 Å². The lowest BCUT2D eigenvalue weighted by atomic mass is 9.99. The van der Waals surface area contributed by atoms with E-state index in [1.54, 1.807) is 0 Å². The van der Waals surface area contributed by atoms with Gasteiger partial charge < -0.3 is 4.90 Å². The molecule has 18 heavy (non-hydrogen) atoms. The smallest absolute Gasteiger partial charge is 0.235 e. The highest BCUT2D eigenvalue weighted by atomic mass is 32.1. The van der Waals surface area contributed by atoms with E-state index < -0.39 is 0 Å². The van der Waals surface area contributed by atoms with Gasteiger partial charge in [0.15, 0.2) is 0 Å². The SMILES string of the molecule is CCC(C)(C)N(C)C(=O)C(S)Cc1ccccc1. The molecule has 0 spiro atoms. The Hall–Kier alpha value is -0.960. The third-order valence-corrected chi connectivity index (χ3v) is 4.06. The monoisotopic (exact) mass is 265 g/mol. The van der Waals surface area contributed by atoms with Crippen LogP contribution in [0, 0.1) is 0 Å². The van der Waals surface area contributed by atoms with E-state index in [0.29, 0.717) is 6.42 Å². The van der Waals surface area contributed by atoms with Gasteiger partial charge in [0.1, 0.15) is 0 Å². The van der Waals surface area contributed by atoms with Crippen molar-refractivity contribution in [3.05, 3.63) is 35.9 Å². The van der Waals surface area contributed by atoms with Crippen LogP contribution in [0.4, 0.5) is 0 Å². The fourth-order valence-electron chi connectivity index (χ4n) is 1.68. The predicted molar refractivity (Wildman–Crippen MR) is 80.1 cm³/mol. The summed E-state index contributed by atoms with van der Waals surface area (Å²) in [4.78, 5) is 14.1. The number of hydrogen-bond donors (Lipinski definition) is 1. The largest absolute Gasteiger partial charge is 0.340 e. The normalized spacial score (nSPS) is 13.2. The molecule has 0 aromatic heterocycles. The molecule has 3 heteroatoms. The molecule has 0 aliphatic rings. The first-order valence-electron chi connectivity index (χ1n) is 6.38. The van der Waals surface area contributed by atoms with Gasteiger partial charge in [-0.2, -0.15) is 12.6 Å². The summed E-state index contributed by atoms with van der Waals surface area (Å²) in [5.74, 6) is 0.0917. The quantitative estimate of drug-likeness (QED) is 0.811. The summed E-state index contributed by atoms with van der Waals surface area (Å²) in [6, 6.07) is 10.0. The first kappa shape index (κ1) is 15.1. The molecular weight excluding hydrogens is 242 g/mol. The van der Waals surface area contributed by atoms with Gasteiger partial charge in [-0.15, -0.1) is 0 Å². The molecule has 1 aromatic carbocycles. The average Bonchev–Trinajstić information content (AvgIpc) is 2.38. The first-order valence-corrected chi connectivity index (χ1v) is 6.89. The van der Waals surface area contributed by atoms with Crippen LogP contribution in [0.25, 0.3) is 0 Å². The zero-order valence-electron chi connectivity index (χ0n) is 11.7. The van der Waals surface area contributed by atoms with Crippen LogP contribution in [0.2, 0.25) is 0 Å². The number of carbonyl (C=O) groups is 1. The maximum Gasteiger partial charge on any atom is 0.235 e. The van der Waals surface area contributed by atoms with Gasteiger partial charge in [0.05, 0.1) is 5.25 Å². The van der Waals surface area contributed by atoms with Crippen LogP contribution < -0.4 is 0 Å². The van der Waals surface area contributed by atoms with Gasteiger partial charge in [0.2, 0.25) is 5.91 Å². The van der Waals surface area contributed by atoms with Gasteiger partial charge in [-0.25, -0.2) is 0 Å². The van der Waals surface area contributed by atoms with Crippen molar-refractivity contribution in [2.24, 2.45) is 0 Å². The summed E-state index contributed by atoms with van der Waals surface area (Å²) in [7, 11) is 1.86. The molecule has 1 amide bonds. The molecule has 0 bridgehead atoms. The van der Waals surface area contributed by atoms with Gasteiger partial charge in [0.25, 0.3) is 0 Å². The van der Waals surface area contributed by atoms with Crippen LogP contribution >= 0.6 is 12.6 Å². The molecule has 1 atom stereocenters. The Bertz CT molecular complexity index is 389. The number of amides is 1. The standard InChI is InChI=1S/C15H23NOS/c1-5-15(2,3)16(4)14(17)13(18)11-12-9-7-6-8-10-12/h6-10,13,18H,5,11H2,1-4H3. The van der Waals surface area contributed by atoms with E-state index in [0.717, 1.165) is 12.0 Å². The Balaban J connectivity index is 2.67. The maximum absolute atomic E-state index is 12.3. The Morgan fingerprint density at radius 2 is 1.89 bits per heavy atom. The fourth-order valence-corrected chi connectivity index (χ4v) is 2.07. The molecule has 1 rings (SSSR count). The number of nitrogens with zero attached hydrogens (tertiary/aromatic N) is 1. The summed E-state index contributed by atoms with van der Waals surface area (Å²) >= 11 is 4.46. The second kappa shape index (κ2) is 6.28. The predicted octanol–water partition coefficient (Wildman–Crippen LogP) is 3.17. The Morgan fingerprint density at radius 3 is 2.39 bits per heavy atom. The average molecular weight is 265 g/mol. The zero-order chi connectivity index (χ0) is 13.8. The van der Waals surface area contributed by atoms with Crippen molar-refractivity contribution in [1.82, 2.24) is 4.90 Å². The Morgan fingerprint density at radius 1 is 1.33 bits per heavy atom. The lowest BCUT2D eigenvalue weighted by Gasteiger charge is -2.36. The van der Waals surface area contributed by atoms with Crippen LogP contribution in [0.15, 0.2) is 30.3 Å². The highest BCUT2D eigenvalue weighted by Crippen LogP contribution is 2.20. The van der Waals surface area contributed by atoms with Crippen LogP contribution in [-0.4, -0.2) is 28.6 Å². The van der Waals surface area contributed by atoms with Crippen LogP contribution in [0.1, 0.15) is 32.8 Å². The minimum absolute atomic E-state index is 0.0917. The lowest BCUT2D eigenvalue weighted by molar-refractivity contribution is -0.134. The number of rotatable bonds is 5. The molecule has 0 saturated heterocycles. The zero-order valence-corrected chi connectivity index (χ0v) is 12.6. The van der Waals surface area contributed by atoms with E-state index in [4.69, 9.17) is 0 Å². The molecule has 0 aliphatic carbocycles. The number of hydrogen-bond acceptors (Lipinski definition) is 2. The van der Waals surface area contributed by atoms with Crippen molar-refractivity contribution in [2.45, 2.75) is 44.4 Å². The molecule has 0 saturated carbocycles. The Labute approximate surface area is 116 Å². The van der Waals surface area contributed by atoms with E-state index in [9.17, 15) is 4.79 Å². The number of thiol groups is 1. The van der Waals surface area contributed by atoms with E-state index in [-0.39, 0.29) is 16.7 Å². The summed E-state index contributed by atoms with van der Waals surface area (Å²) in [6.07, 6.45) is 1.61. The molecule has 2 nitrogen and oxygen atoms in total. The molecule has 0 aliphatic heterocycles. The lowest BCUT2D eigenvalue weighted by Crippen LogP contribution is -2.48. The Kier molecular flexibility index (Phi) is 5.27. The van der Waals surface area contributed by atoms with E-state index >= 15 is 0 Å². The topological polar surface area (TPSA) is 20.3 Å². The van der Waals surface area contributed by atoms with Crippen molar-refractivity contribution < 1.29 is 4.79 Å². The second-order valence-electron chi connectivity index (χ2n) is 5.27. The molecule has 1 aromatic rings. The molecular formula is C15H23NOS. The van der Waals surface area contributed by atoms with Crippen LogP contribution in [-0.2, 0) is 11.2 Å². The molecule has 0 fully saturated rings. The van der Waals surface area contributed by atoms with Gasteiger partial charge in [-0.3, -0.25) is 4.79 Å². The second-order valence-corrected chi connectivity index (χ2v) is 5.89. The minimum Gasteiger partial charge on any atom is -0.340 e. The van der Waals surface area contributed by atoms with Gasteiger partial charge >= 0.3 is 0 Å². The first-order chi connectivity index (χ1) is 8.38. The number of benzene rings is 1. The van der Waals surface area contributed by atoms with Gasteiger partial charge in [-0.05, 0) is 32.3 Å². The van der Waals surface area contributed by atoms with E-state index in [1.165, 1.54) is 0 Å². The highest BCUT2D eigenvalue weighted by molar-refractivity contribution is 7.81. The summed E-state index contributed by atoms with van der Waals surface area (Å²) in [6.45, 7) is 6.25. The van der Waals surface area contributed by atoms with E-state index in [1.807, 2.05) is 42.3 Å². The molecule has 100 valence electrons. The third-order valence-electron chi connectivity index (χ3n) is 3.66. The molecule has 0 radical (unpaired) electrons. The maximum atomic E-state index is 12.3. The van der Waals surface area contributed by atoms with Crippen molar-refractivity contribution in [2.75, 3.05) is 7.05 Å².